The molecule has 0 radical (unpaired) electrons. The highest BCUT2D eigenvalue weighted by atomic mass is 32.1. The number of likely N-dealkylation sites (tertiary alicyclic amines) is 1. The summed E-state index contributed by atoms with van der Waals surface area (Å²) < 4.78 is 5.67. The molecule has 2 aromatic rings. The van der Waals surface area contributed by atoms with Crippen LogP contribution in [0, 0.1) is 13.8 Å². The van der Waals surface area contributed by atoms with Gasteiger partial charge in [-0.1, -0.05) is 12.1 Å². The molecular formula is C20H25N3O2S. The second kappa shape index (κ2) is 7.47. The van der Waals surface area contributed by atoms with E-state index in [0.29, 0.717) is 24.8 Å². The summed E-state index contributed by atoms with van der Waals surface area (Å²) in [6, 6.07) is 8.20. The zero-order valence-electron chi connectivity index (χ0n) is 15.3. The molecule has 26 heavy (non-hydrogen) atoms. The first-order valence-electron chi connectivity index (χ1n) is 9.29. The largest absolute Gasteiger partial charge is 0.378 e. The number of carbonyl (C=O) groups excluding carboxylic acids is 1. The van der Waals surface area contributed by atoms with Gasteiger partial charge in [0.1, 0.15) is 0 Å². The van der Waals surface area contributed by atoms with Gasteiger partial charge < -0.3 is 10.1 Å². The van der Waals surface area contributed by atoms with Crippen molar-refractivity contribution < 1.29 is 9.53 Å². The molecule has 138 valence electrons. The van der Waals surface area contributed by atoms with Crippen molar-refractivity contribution in [1.29, 1.82) is 0 Å². The number of aryl methyl sites for hydroxylation is 2. The molecule has 0 unspecified atom stereocenters. The normalized spacial score (nSPS) is 23.5. The third kappa shape index (κ3) is 3.54. The molecule has 2 saturated heterocycles. The second-order valence-corrected chi connectivity index (χ2v) is 8.36. The van der Waals surface area contributed by atoms with E-state index in [1.54, 1.807) is 11.3 Å². The maximum atomic E-state index is 12.8. The van der Waals surface area contributed by atoms with Crippen molar-refractivity contribution in [2.75, 3.05) is 26.3 Å². The third-order valence-corrected chi connectivity index (χ3v) is 6.39. The summed E-state index contributed by atoms with van der Waals surface area (Å²) in [6.07, 6.45) is 2.49. The lowest BCUT2D eigenvalue weighted by Gasteiger charge is -2.27. The van der Waals surface area contributed by atoms with Crippen LogP contribution in [0.15, 0.2) is 24.3 Å². The van der Waals surface area contributed by atoms with Crippen molar-refractivity contribution in [2.24, 2.45) is 0 Å². The minimum atomic E-state index is -0.0227. The van der Waals surface area contributed by atoms with Crippen LogP contribution in [0.25, 0.3) is 10.4 Å². The Morgan fingerprint density at radius 2 is 2.08 bits per heavy atom. The predicted octanol–water partition coefficient (Wildman–Crippen LogP) is 3.02. The van der Waals surface area contributed by atoms with Crippen LogP contribution in [-0.2, 0) is 4.74 Å². The highest BCUT2D eigenvalue weighted by molar-refractivity contribution is 7.15. The van der Waals surface area contributed by atoms with Gasteiger partial charge in [-0.3, -0.25) is 9.69 Å². The maximum Gasteiger partial charge on any atom is 0.251 e. The summed E-state index contributed by atoms with van der Waals surface area (Å²) in [5.41, 5.74) is 2.77. The van der Waals surface area contributed by atoms with E-state index < -0.39 is 0 Å². The zero-order valence-corrected chi connectivity index (χ0v) is 16.1. The van der Waals surface area contributed by atoms with Crippen LogP contribution >= 0.6 is 11.3 Å². The molecule has 2 atom stereocenters. The lowest BCUT2D eigenvalue weighted by molar-refractivity contribution is 0.0916. The highest BCUT2D eigenvalue weighted by Crippen LogP contribution is 2.30. The van der Waals surface area contributed by atoms with Gasteiger partial charge in [0, 0.05) is 5.56 Å². The fourth-order valence-electron chi connectivity index (χ4n) is 3.97. The maximum absolute atomic E-state index is 12.8. The number of benzene rings is 1. The quantitative estimate of drug-likeness (QED) is 0.898. The minimum Gasteiger partial charge on any atom is -0.378 e. The molecule has 0 spiro atoms. The van der Waals surface area contributed by atoms with E-state index in [1.165, 1.54) is 12.8 Å². The third-order valence-electron chi connectivity index (χ3n) is 5.27. The number of amides is 1. The summed E-state index contributed by atoms with van der Waals surface area (Å²) in [5, 5.41) is 4.25. The van der Waals surface area contributed by atoms with Crippen LogP contribution in [0.5, 0.6) is 0 Å². The predicted molar refractivity (Wildman–Crippen MR) is 104 cm³/mol. The standard InChI is InChI=1S/C20H25N3O2S/c1-13-19(26-14(2)21-13)15-6-5-7-16(10-15)20(24)22-17-11-25-12-18(17)23-8-3-4-9-23/h5-7,10,17-18H,3-4,8-9,11-12H2,1-2H3,(H,22,24)/t17-,18-/m0/s1. The molecule has 6 heteroatoms. The van der Waals surface area contributed by atoms with E-state index in [1.807, 2.05) is 38.1 Å². The number of nitrogens with one attached hydrogen (secondary N) is 1. The van der Waals surface area contributed by atoms with E-state index in [0.717, 1.165) is 34.2 Å². The Morgan fingerprint density at radius 1 is 1.27 bits per heavy atom. The van der Waals surface area contributed by atoms with Crippen LogP contribution in [0.3, 0.4) is 0 Å². The van der Waals surface area contributed by atoms with E-state index in [-0.39, 0.29) is 11.9 Å². The van der Waals surface area contributed by atoms with E-state index >= 15 is 0 Å². The Morgan fingerprint density at radius 3 is 2.81 bits per heavy atom. The summed E-state index contributed by atoms with van der Waals surface area (Å²) >= 11 is 1.67. The molecule has 0 bridgehead atoms. The molecule has 1 amide bonds. The molecule has 1 N–H and O–H groups in total. The topological polar surface area (TPSA) is 54.5 Å². The zero-order chi connectivity index (χ0) is 18.1. The molecule has 0 aliphatic carbocycles. The molecule has 5 nitrogen and oxygen atoms in total. The fraction of sp³-hybridized carbons (Fsp3) is 0.500. The average Bonchev–Trinajstić information content (AvgIpc) is 3.36. The van der Waals surface area contributed by atoms with Crippen LogP contribution in [0.1, 0.15) is 33.9 Å². The number of ether oxygens (including phenoxy) is 1. The number of aromatic nitrogens is 1. The molecule has 4 rings (SSSR count). The molecule has 2 aliphatic rings. The Bertz CT molecular complexity index is 798. The fourth-order valence-corrected chi connectivity index (χ4v) is 4.88. The van der Waals surface area contributed by atoms with E-state index in [4.69, 9.17) is 4.74 Å². The summed E-state index contributed by atoms with van der Waals surface area (Å²) in [7, 11) is 0. The molecule has 1 aromatic heterocycles. The van der Waals surface area contributed by atoms with Crippen molar-refractivity contribution in [3.05, 3.63) is 40.5 Å². The van der Waals surface area contributed by atoms with E-state index in [2.05, 4.69) is 15.2 Å². The van der Waals surface area contributed by atoms with Crippen molar-refractivity contribution in [3.8, 4) is 10.4 Å². The van der Waals surface area contributed by atoms with Crippen molar-refractivity contribution in [2.45, 2.75) is 38.8 Å². The lowest BCUT2D eigenvalue weighted by atomic mass is 10.1. The van der Waals surface area contributed by atoms with Crippen LogP contribution in [-0.4, -0.2) is 54.2 Å². The average molecular weight is 372 g/mol. The van der Waals surface area contributed by atoms with E-state index in [9.17, 15) is 4.79 Å². The van der Waals surface area contributed by atoms with Crippen LogP contribution < -0.4 is 5.32 Å². The number of hydrogen-bond donors (Lipinski definition) is 1. The number of thiazole rings is 1. The summed E-state index contributed by atoms with van der Waals surface area (Å²) in [4.78, 5) is 20.9. The first kappa shape index (κ1) is 17.6. The van der Waals surface area contributed by atoms with Gasteiger partial charge in [0.2, 0.25) is 0 Å². The molecule has 0 saturated carbocycles. The monoisotopic (exact) mass is 371 g/mol. The van der Waals surface area contributed by atoms with Crippen molar-refractivity contribution >= 4 is 17.2 Å². The molecular weight excluding hydrogens is 346 g/mol. The lowest BCUT2D eigenvalue weighted by Crippen LogP contribution is -2.50. The molecule has 2 fully saturated rings. The van der Waals surface area contributed by atoms with Crippen molar-refractivity contribution in [1.82, 2.24) is 15.2 Å². The number of hydrogen-bond acceptors (Lipinski definition) is 5. The number of carbonyl (C=O) groups is 1. The van der Waals surface area contributed by atoms with Gasteiger partial charge >= 0.3 is 0 Å². The minimum absolute atomic E-state index is 0.0227. The first-order valence-corrected chi connectivity index (χ1v) is 10.1. The van der Waals surface area contributed by atoms with Gasteiger partial charge in [-0.25, -0.2) is 4.98 Å². The number of nitrogens with zero attached hydrogens (tertiary/aromatic N) is 2. The van der Waals surface area contributed by atoms with Crippen molar-refractivity contribution in [3.63, 3.8) is 0 Å². The van der Waals surface area contributed by atoms with Crippen LogP contribution in [0.2, 0.25) is 0 Å². The smallest absolute Gasteiger partial charge is 0.251 e. The van der Waals surface area contributed by atoms with Crippen LogP contribution in [0.4, 0.5) is 0 Å². The van der Waals surface area contributed by atoms with Gasteiger partial charge in [0.15, 0.2) is 0 Å². The second-order valence-electron chi connectivity index (χ2n) is 7.16. The Labute approximate surface area is 158 Å². The molecule has 1 aromatic carbocycles. The summed E-state index contributed by atoms with van der Waals surface area (Å²) in [6.45, 7) is 7.56. The highest BCUT2D eigenvalue weighted by Gasteiger charge is 2.35. The Balaban J connectivity index is 1.49. The Kier molecular flexibility index (Phi) is 5.07. The first-order chi connectivity index (χ1) is 12.6. The molecule has 3 heterocycles. The van der Waals surface area contributed by atoms with Gasteiger partial charge in [0.25, 0.3) is 5.91 Å². The van der Waals surface area contributed by atoms with Gasteiger partial charge in [-0.05, 0) is 57.5 Å². The SMILES string of the molecule is Cc1nc(C)c(-c2cccc(C(=O)N[C@H]3COC[C@@H]3N3CCCC3)c2)s1. The van der Waals surface area contributed by atoms with Gasteiger partial charge in [-0.2, -0.15) is 0 Å². The summed E-state index contributed by atoms with van der Waals surface area (Å²) in [5.74, 6) is -0.0227. The van der Waals surface area contributed by atoms with Gasteiger partial charge in [-0.15, -0.1) is 11.3 Å². The van der Waals surface area contributed by atoms with Gasteiger partial charge in [0.05, 0.1) is 40.9 Å². The Hall–Kier alpha value is -1.76. The number of rotatable bonds is 4. The molecule has 2 aliphatic heterocycles.